The van der Waals surface area contributed by atoms with E-state index in [1.807, 2.05) is 65.6 Å². The molecule has 4 fully saturated rings. The number of amides is 4. The summed E-state index contributed by atoms with van der Waals surface area (Å²) >= 11 is 0. The minimum absolute atomic E-state index is 0. The topological polar surface area (TPSA) is 150 Å². The van der Waals surface area contributed by atoms with Gasteiger partial charge in [0.2, 0.25) is 0 Å². The molecule has 18 heteroatoms. The van der Waals surface area contributed by atoms with Crippen molar-refractivity contribution in [2.75, 3.05) is 103 Å². The van der Waals surface area contributed by atoms with Gasteiger partial charge in [-0.25, -0.2) is 28.0 Å². The summed E-state index contributed by atoms with van der Waals surface area (Å²) in [6.07, 6.45) is 0. The number of methoxy groups -OCH3 is 2. The largest absolute Gasteiger partial charge is 0.465 e. The van der Waals surface area contributed by atoms with Crippen LogP contribution in [0.5, 0.6) is 0 Å². The van der Waals surface area contributed by atoms with E-state index in [0.717, 1.165) is 51.5 Å². The number of halogens is 3. The first-order valence-electron chi connectivity index (χ1n) is 20.6. The number of Topliss-reactive ketones (excluding diaryl/α,β-unsaturated/α-hetero) is 1. The van der Waals surface area contributed by atoms with E-state index >= 15 is 0 Å². The predicted octanol–water partition coefficient (Wildman–Crippen LogP) is 5.41. The lowest BCUT2D eigenvalue weighted by atomic mass is 10.1. The molecule has 64 heavy (non-hydrogen) atoms. The maximum atomic E-state index is 14.7. The molecule has 1 N–H and O–H groups in total. The van der Waals surface area contributed by atoms with Crippen molar-refractivity contribution in [2.24, 2.45) is 0 Å². The number of ketones is 1. The fourth-order valence-corrected chi connectivity index (χ4v) is 7.03. The summed E-state index contributed by atoms with van der Waals surface area (Å²) in [6, 6.07) is 26.9. The maximum Gasteiger partial charge on any atom is 0.337 e. The van der Waals surface area contributed by atoms with Crippen LogP contribution in [-0.4, -0.2) is 144 Å². The van der Waals surface area contributed by atoms with Crippen LogP contribution in [-0.2, 0) is 36.8 Å². The fraction of sp³-hybridized carbons (Fsp3) is 0.370. The Labute approximate surface area is 377 Å². The van der Waals surface area contributed by atoms with E-state index in [9.17, 15) is 32.8 Å². The molecule has 0 spiro atoms. The molecule has 4 saturated heterocycles. The van der Waals surface area contributed by atoms with Gasteiger partial charge in [-0.2, -0.15) is 0 Å². The zero-order valence-electron chi connectivity index (χ0n) is 35.8. The third-order valence-electron chi connectivity index (χ3n) is 10.8. The fourth-order valence-electron chi connectivity index (χ4n) is 7.03. The Kier molecular flexibility index (Phi) is 18.5. The molecular formula is C46H53ClF2N6O9. The first-order chi connectivity index (χ1) is 30.6. The Bertz CT molecular complexity index is 2190. The average Bonchev–Trinajstić information content (AvgIpc) is 3.30. The molecular weight excluding hydrogens is 854 g/mol. The van der Waals surface area contributed by atoms with Crippen LogP contribution in [0.15, 0.2) is 97.1 Å². The van der Waals surface area contributed by atoms with E-state index in [0.29, 0.717) is 67.9 Å². The number of carbonyl (C=O) groups excluding carboxylic acids is 5. The Balaban J connectivity index is 0.000000215. The minimum atomic E-state index is -0.601. The number of esters is 2. The summed E-state index contributed by atoms with van der Waals surface area (Å²) in [6.45, 7) is 7.83. The number of nitrogens with one attached hydrogen (secondary N) is 1. The van der Waals surface area contributed by atoms with Gasteiger partial charge in [0, 0.05) is 74.9 Å². The summed E-state index contributed by atoms with van der Waals surface area (Å²) in [4.78, 5) is 68.5. The van der Waals surface area contributed by atoms with Crippen molar-refractivity contribution in [3.63, 3.8) is 0 Å². The van der Waals surface area contributed by atoms with E-state index in [-0.39, 0.29) is 54.5 Å². The van der Waals surface area contributed by atoms with Gasteiger partial charge in [-0.1, -0.05) is 48.5 Å². The van der Waals surface area contributed by atoms with E-state index in [4.69, 9.17) is 4.74 Å². The smallest absolute Gasteiger partial charge is 0.337 e. The highest BCUT2D eigenvalue weighted by atomic mass is 35.5. The van der Waals surface area contributed by atoms with Crippen LogP contribution in [0, 0.1) is 11.6 Å². The van der Waals surface area contributed by atoms with Crippen LogP contribution in [0.3, 0.4) is 0 Å². The highest BCUT2D eigenvalue weighted by molar-refractivity contribution is 5.93. The molecule has 342 valence electrons. The lowest BCUT2D eigenvalue weighted by Crippen LogP contribution is -2.59. The quantitative estimate of drug-likeness (QED) is 0.215. The van der Waals surface area contributed by atoms with E-state index < -0.39 is 23.6 Å². The van der Waals surface area contributed by atoms with Crippen molar-refractivity contribution in [3.05, 3.63) is 131 Å². The molecule has 0 aliphatic carbocycles. The molecule has 0 aromatic heterocycles. The Hall–Kier alpha value is -5.98. The predicted molar refractivity (Wildman–Crippen MR) is 237 cm³/mol. The zero-order chi connectivity index (χ0) is 44.7. The monoisotopic (exact) mass is 906 g/mol. The number of hydrogen-bond donors (Lipinski definition) is 1. The number of rotatable bonds is 9. The third-order valence-corrected chi connectivity index (χ3v) is 10.8. The molecule has 0 atom stereocenters. The molecule has 4 aromatic rings. The Morgan fingerprint density at radius 1 is 0.641 bits per heavy atom. The molecule has 4 aliphatic rings. The number of nitrogens with zero attached hydrogens (tertiary/aromatic N) is 5. The van der Waals surface area contributed by atoms with Gasteiger partial charge < -0.3 is 34.1 Å². The van der Waals surface area contributed by atoms with Crippen LogP contribution in [0.4, 0.5) is 29.7 Å². The van der Waals surface area contributed by atoms with Gasteiger partial charge in [0.1, 0.15) is 24.8 Å². The van der Waals surface area contributed by atoms with Crippen LogP contribution < -0.4 is 15.1 Å². The number of benzene rings is 4. The van der Waals surface area contributed by atoms with E-state index in [2.05, 4.69) is 24.4 Å². The Morgan fingerprint density at radius 3 is 1.41 bits per heavy atom. The molecule has 0 radical (unpaired) electrons. The van der Waals surface area contributed by atoms with Crippen LogP contribution in [0.2, 0.25) is 0 Å². The normalized spacial score (nSPS) is 15.9. The molecule has 0 unspecified atom stereocenters. The number of piperazine rings is 2. The molecule has 15 nitrogen and oxygen atoms in total. The zero-order valence-corrected chi connectivity index (χ0v) is 36.6. The van der Waals surface area contributed by atoms with E-state index in [1.165, 1.54) is 38.5 Å². The van der Waals surface area contributed by atoms with Crippen molar-refractivity contribution in [3.8, 4) is 0 Å². The van der Waals surface area contributed by atoms with Gasteiger partial charge >= 0.3 is 24.0 Å². The molecule has 0 saturated carbocycles. The van der Waals surface area contributed by atoms with Crippen molar-refractivity contribution < 1.29 is 51.7 Å². The number of urea groups is 2. The van der Waals surface area contributed by atoms with Crippen LogP contribution in [0.25, 0.3) is 0 Å². The molecule has 4 amide bonds. The minimum Gasteiger partial charge on any atom is -0.465 e. The van der Waals surface area contributed by atoms with Crippen molar-refractivity contribution >= 4 is 53.6 Å². The van der Waals surface area contributed by atoms with Crippen molar-refractivity contribution in [1.82, 2.24) is 20.0 Å². The van der Waals surface area contributed by atoms with E-state index in [1.54, 1.807) is 14.7 Å². The Morgan fingerprint density at radius 2 is 1.06 bits per heavy atom. The van der Waals surface area contributed by atoms with Crippen molar-refractivity contribution in [2.45, 2.75) is 19.1 Å². The number of anilines is 2. The highest BCUT2D eigenvalue weighted by Gasteiger charge is 2.32. The first kappa shape index (κ1) is 49.0. The van der Waals surface area contributed by atoms with Gasteiger partial charge in [0.25, 0.3) is 0 Å². The van der Waals surface area contributed by atoms with Gasteiger partial charge in [-0.05, 0) is 48.5 Å². The van der Waals surface area contributed by atoms with Gasteiger partial charge in [0.15, 0.2) is 5.78 Å². The lowest BCUT2D eigenvalue weighted by molar-refractivity contribution is -0.140. The third kappa shape index (κ3) is 13.0. The first-order valence-corrected chi connectivity index (χ1v) is 20.6. The molecule has 4 aliphatic heterocycles. The summed E-state index contributed by atoms with van der Waals surface area (Å²) in [7, 11) is 2.50. The summed E-state index contributed by atoms with van der Waals surface area (Å²) in [5.41, 5.74) is 2.32. The number of ether oxygens (including phenoxy) is 4. The summed E-state index contributed by atoms with van der Waals surface area (Å²) in [5, 5.41) is 3.21. The van der Waals surface area contributed by atoms with Gasteiger partial charge in [-0.3, -0.25) is 19.5 Å². The second kappa shape index (κ2) is 24.2. The molecule has 4 aromatic carbocycles. The SMILES string of the molecule is COC(=O)c1ccc(CN(C(=O)N2CCN(C3COC3)CC2)c2ccccc2)c(F)c1.COC(=O)c1ccc(CN(C(=O)N2CCNCC2)c2ccccc2)c(F)c1.Cl.O=C1COC1. The lowest BCUT2D eigenvalue weighted by Gasteiger charge is -2.43. The van der Waals surface area contributed by atoms with Gasteiger partial charge in [-0.15, -0.1) is 12.4 Å². The highest BCUT2D eigenvalue weighted by Crippen LogP contribution is 2.24. The molecule has 4 heterocycles. The van der Waals surface area contributed by atoms with Crippen LogP contribution in [0.1, 0.15) is 31.8 Å². The van der Waals surface area contributed by atoms with Crippen molar-refractivity contribution in [1.29, 1.82) is 0 Å². The number of para-hydroxylation sites is 2. The van der Waals surface area contributed by atoms with Gasteiger partial charge in [0.05, 0.1) is 57.7 Å². The summed E-state index contributed by atoms with van der Waals surface area (Å²) in [5.74, 6) is -2.09. The number of hydrogen-bond acceptors (Lipinski definition) is 11. The molecule has 8 rings (SSSR count). The summed E-state index contributed by atoms with van der Waals surface area (Å²) < 4.78 is 48.3. The maximum absolute atomic E-state index is 14.7. The average molecular weight is 907 g/mol. The second-order valence-electron chi connectivity index (χ2n) is 15.0. The second-order valence-corrected chi connectivity index (χ2v) is 15.0. The molecule has 0 bridgehead atoms. The number of carbonyl (C=O) groups is 5. The van der Waals surface area contributed by atoms with Crippen LogP contribution >= 0.6 is 12.4 Å². The standard InChI is InChI=1S/C23H26FN3O4.C20H22FN3O3.C3H4O2.ClH/c1-30-22(28)17-7-8-18(21(24)13-17)14-27(19-5-3-2-4-6-19)23(29)26-11-9-25(10-12-26)20-15-31-16-20;1-27-19(25)15-7-8-16(18(21)13-15)14-24(17-5-3-2-4-6-17)20(26)23-11-9-22-10-12-23;4-3-1-5-2-3;/h2-8,13,20H,9-12,14-16H2,1H3;2-8,13,22H,9-12,14H2,1H3;1-2H2;1H.